The average Bonchev–Trinajstić information content (AvgIpc) is 2.86. The van der Waals surface area contributed by atoms with E-state index < -0.39 is 4.92 Å². The van der Waals surface area contributed by atoms with Gasteiger partial charge in [-0.1, -0.05) is 0 Å². The zero-order valence-electron chi connectivity index (χ0n) is 7.51. The first-order chi connectivity index (χ1) is 7.20. The van der Waals surface area contributed by atoms with Gasteiger partial charge in [-0.25, -0.2) is 0 Å². The molecule has 76 valence electrons. The highest BCUT2D eigenvalue weighted by Gasteiger charge is 2.23. The Hall–Kier alpha value is -2.36. The lowest BCUT2D eigenvalue weighted by molar-refractivity contribution is -0.402. The Kier molecular flexibility index (Phi) is 2.10. The van der Waals surface area contributed by atoms with Crippen LogP contribution < -0.4 is 5.43 Å². The minimum absolute atomic E-state index is 0.326. The van der Waals surface area contributed by atoms with Crippen molar-refractivity contribution in [2.45, 2.75) is 12.5 Å². The molecule has 1 aliphatic heterocycles. The topological polar surface area (TPSA) is 104 Å². The molecule has 0 spiro atoms. The van der Waals surface area contributed by atoms with E-state index in [4.69, 9.17) is 9.68 Å². The van der Waals surface area contributed by atoms with Crippen molar-refractivity contribution in [2.24, 2.45) is 5.10 Å². The van der Waals surface area contributed by atoms with Crippen molar-refractivity contribution in [2.75, 3.05) is 0 Å². The number of furan rings is 1. The molecule has 0 radical (unpaired) electrons. The Bertz CT molecular complexity index is 470. The number of hydrazone groups is 1. The Balaban J connectivity index is 2.18. The highest BCUT2D eigenvalue weighted by Crippen LogP contribution is 2.19. The molecule has 15 heavy (non-hydrogen) atoms. The van der Waals surface area contributed by atoms with Crippen molar-refractivity contribution < 1.29 is 9.34 Å². The summed E-state index contributed by atoms with van der Waals surface area (Å²) in [6.07, 6.45) is 0.390. The first-order valence-corrected chi connectivity index (χ1v) is 4.17. The van der Waals surface area contributed by atoms with Crippen LogP contribution in [0.1, 0.15) is 12.2 Å². The maximum atomic E-state index is 10.4. The van der Waals surface area contributed by atoms with E-state index in [2.05, 4.69) is 10.5 Å². The van der Waals surface area contributed by atoms with Crippen molar-refractivity contribution in [3.05, 3.63) is 28.0 Å². The zero-order valence-corrected chi connectivity index (χ0v) is 7.51. The lowest BCUT2D eigenvalue weighted by atomic mass is 10.1. The zero-order chi connectivity index (χ0) is 10.8. The normalized spacial score (nSPS) is 19.1. The molecule has 0 aromatic carbocycles. The molecular formula is C8H6N4O3. The third kappa shape index (κ3) is 1.65. The lowest BCUT2D eigenvalue weighted by Crippen LogP contribution is -2.16. The summed E-state index contributed by atoms with van der Waals surface area (Å²) in [5.41, 5.74) is 3.11. The summed E-state index contributed by atoms with van der Waals surface area (Å²) in [7, 11) is 0. The van der Waals surface area contributed by atoms with Gasteiger partial charge in [-0.15, -0.1) is 0 Å². The minimum atomic E-state index is -0.617. The molecule has 0 fully saturated rings. The van der Waals surface area contributed by atoms with Crippen LogP contribution in [0.2, 0.25) is 0 Å². The number of hydrogen-bond acceptors (Lipinski definition) is 6. The second-order valence-electron chi connectivity index (χ2n) is 2.97. The van der Waals surface area contributed by atoms with Crippen LogP contribution in [0.25, 0.3) is 0 Å². The predicted octanol–water partition coefficient (Wildman–Crippen LogP) is 0.777. The van der Waals surface area contributed by atoms with E-state index >= 15 is 0 Å². The van der Waals surface area contributed by atoms with E-state index in [9.17, 15) is 10.1 Å². The quantitative estimate of drug-likeness (QED) is 0.568. The molecule has 1 aliphatic rings. The number of nitro groups is 1. The van der Waals surface area contributed by atoms with Crippen LogP contribution in [0.3, 0.4) is 0 Å². The summed E-state index contributed by atoms with van der Waals surface area (Å²) in [6, 6.07) is 4.34. The molecule has 7 heteroatoms. The second-order valence-corrected chi connectivity index (χ2v) is 2.97. The maximum absolute atomic E-state index is 10.4. The van der Waals surface area contributed by atoms with Crippen LogP contribution in [0, 0.1) is 21.4 Å². The molecule has 0 amide bonds. The SMILES string of the molecule is N#C[C@@H]1CC(c2ccc([N+](=O)[O-])o2)=NN1. The molecule has 0 aliphatic carbocycles. The van der Waals surface area contributed by atoms with Gasteiger partial charge in [-0.3, -0.25) is 15.5 Å². The van der Waals surface area contributed by atoms with E-state index in [0.29, 0.717) is 17.9 Å². The number of nitrogens with zero attached hydrogens (tertiary/aromatic N) is 3. The van der Waals surface area contributed by atoms with Crippen LogP contribution in [0.15, 0.2) is 21.7 Å². The van der Waals surface area contributed by atoms with E-state index in [1.807, 2.05) is 6.07 Å². The Morgan fingerprint density at radius 1 is 1.73 bits per heavy atom. The molecular weight excluding hydrogens is 200 g/mol. The van der Waals surface area contributed by atoms with Crippen LogP contribution >= 0.6 is 0 Å². The third-order valence-corrected chi connectivity index (χ3v) is 1.96. The highest BCUT2D eigenvalue weighted by atomic mass is 16.6. The summed E-state index contributed by atoms with van der Waals surface area (Å²) in [4.78, 5) is 9.74. The van der Waals surface area contributed by atoms with Gasteiger partial charge in [-0.05, 0) is 6.07 Å². The standard InChI is InChI=1S/C8H6N4O3/c9-4-5-3-6(11-10-5)7-1-2-8(15-7)12(13)14/h1-2,5,10H,3H2/t5-/m0/s1. The van der Waals surface area contributed by atoms with Crippen molar-refractivity contribution >= 4 is 11.6 Å². The number of nitriles is 1. The molecule has 0 bridgehead atoms. The van der Waals surface area contributed by atoms with Crippen molar-refractivity contribution in [1.82, 2.24) is 5.43 Å². The number of rotatable bonds is 2. The van der Waals surface area contributed by atoms with Crippen LogP contribution in [-0.4, -0.2) is 16.7 Å². The van der Waals surface area contributed by atoms with Gasteiger partial charge in [-0.2, -0.15) is 10.4 Å². The van der Waals surface area contributed by atoms with Gasteiger partial charge >= 0.3 is 5.88 Å². The number of nitrogens with one attached hydrogen (secondary N) is 1. The van der Waals surface area contributed by atoms with Crippen LogP contribution in [0.5, 0.6) is 0 Å². The Labute approximate surface area is 84.1 Å². The molecule has 1 atom stereocenters. The summed E-state index contributed by atoms with van der Waals surface area (Å²) < 4.78 is 4.94. The summed E-state index contributed by atoms with van der Waals surface area (Å²) >= 11 is 0. The first kappa shape index (κ1) is 9.21. The monoisotopic (exact) mass is 206 g/mol. The fourth-order valence-electron chi connectivity index (χ4n) is 1.25. The average molecular weight is 206 g/mol. The third-order valence-electron chi connectivity index (χ3n) is 1.96. The van der Waals surface area contributed by atoms with Crippen molar-refractivity contribution in [3.63, 3.8) is 0 Å². The second kappa shape index (κ2) is 3.42. The fourth-order valence-corrected chi connectivity index (χ4v) is 1.25. The van der Waals surface area contributed by atoms with Gasteiger partial charge in [0.1, 0.15) is 16.7 Å². The summed E-state index contributed by atoms with van der Waals surface area (Å²) in [5, 5.41) is 22.8. The molecule has 2 rings (SSSR count). The molecule has 1 aromatic rings. The summed E-state index contributed by atoms with van der Waals surface area (Å²) in [6.45, 7) is 0. The first-order valence-electron chi connectivity index (χ1n) is 4.17. The minimum Gasteiger partial charge on any atom is -0.399 e. The van der Waals surface area contributed by atoms with Crippen LogP contribution in [0.4, 0.5) is 5.88 Å². The number of hydrogen-bond donors (Lipinski definition) is 1. The fraction of sp³-hybridized carbons (Fsp3) is 0.250. The summed E-state index contributed by atoms with van der Waals surface area (Å²) in [5.74, 6) is 0.0000534. The van der Waals surface area contributed by atoms with Gasteiger partial charge in [0, 0.05) is 6.42 Å². The molecule has 0 unspecified atom stereocenters. The van der Waals surface area contributed by atoms with Gasteiger partial charge in [0.2, 0.25) is 0 Å². The van der Waals surface area contributed by atoms with Crippen molar-refractivity contribution in [3.8, 4) is 6.07 Å². The van der Waals surface area contributed by atoms with Crippen molar-refractivity contribution in [1.29, 1.82) is 5.26 Å². The van der Waals surface area contributed by atoms with Gasteiger partial charge in [0.05, 0.1) is 12.1 Å². The molecule has 1 aromatic heterocycles. The molecule has 0 saturated heterocycles. The highest BCUT2D eigenvalue weighted by molar-refractivity contribution is 5.99. The van der Waals surface area contributed by atoms with E-state index in [-0.39, 0.29) is 11.9 Å². The predicted molar refractivity (Wildman–Crippen MR) is 49.1 cm³/mol. The molecule has 2 heterocycles. The largest absolute Gasteiger partial charge is 0.433 e. The maximum Gasteiger partial charge on any atom is 0.433 e. The van der Waals surface area contributed by atoms with Gasteiger partial charge in [0.25, 0.3) is 0 Å². The van der Waals surface area contributed by atoms with E-state index in [1.165, 1.54) is 12.1 Å². The smallest absolute Gasteiger partial charge is 0.399 e. The molecule has 0 saturated carbocycles. The van der Waals surface area contributed by atoms with Gasteiger partial charge in [0.15, 0.2) is 5.76 Å². The molecule has 1 N–H and O–H groups in total. The van der Waals surface area contributed by atoms with Crippen LogP contribution in [-0.2, 0) is 0 Å². The Morgan fingerprint density at radius 2 is 2.53 bits per heavy atom. The van der Waals surface area contributed by atoms with E-state index in [0.717, 1.165) is 0 Å². The Morgan fingerprint density at radius 3 is 3.07 bits per heavy atom. The van der Waals surface area contributed by atoms with E-state index in [1.54, 1.807) is 0 Å². The molecule has 7 nitrogen and oxygen atoms in total. The van der Waals surface area contributed by atoms with Gasteiger partial charge < -0.3 is 4.42 Å². The lowest BCUT2D eigenvalue weighted by Gasteiger charge is -1.93.